The number of carbonyl (C=O) groups excluding carboxylic acids is 2. The Morgan fingerprint density at radius 3 is 2.48 bits per heavy atom. The minimum atomic E-state index is 0.0374. The van der Waals surface area contributed by atoms with Gasteiger partial charge in [-0.3, -0.25) is 14.5 Å². The summed E-state index contributed by atoms with van der Waals surface area (Å²) in [6.07, 6.45) is 3.78. The normalized spacial score (nSPS) is 21.1. The molecule has 0 aromatic heterocycles. The maximum Gasteiger partial charge on any atom is 0.234 e. The molecule has 0 spiro atoms. The van der Waals surface area contributed by atoms with E-state index in [1.54, 1.807) is 0 Å². The van der Waals surface area contributed by atoms with Gasteiger partial charge in [-0.25, -0.2) is 0 Å². The van der Waals surface area contributed by atoms with Crippen LogP contribution in [0.4, 0.5) is 0 Å². The van der Waals surface area contributed by atoms with Gasteiger partial charge in [-0.15, -0.1) is 0 Å². The zero-order chi connectivity index (χ0) is 15.2. The molecule has 0 bridgehead atoms. The van der Waals surface area contributed by atoms with Crippen molar-refractivity contribution < 1.29 is 9.59 Å². The minimum absolute atomic E-state index is 0.0374. The maximum absolute atomic E-state index is 12.2. The van der Waals surface area contributed by atoms with E-state index in [4.69, 9.17) is 5.73 Å². The molecule has 2 fully saturated rings. The van der Waals surface area contributed by atoms with Crippen LogP contribution in [-0.4, -0.2) is 66.9 Å². The first kappa shape index (κ1) is 16.2. The highest BCUT2D eigenvalue weighted by molar-refractivity contribution is 5.78. The molecule has 1 heterocycles. The van der Waals surface area contributed by atoms with Crippen LogP contribution in [0.5, 0.6) is 0 Å². The van der Waals surface area contributed by atoms with Crippen molar-refractivity contribution >= 4 is 11.8 Å². The molecule has 0 aromatic carbocycles. The second-order valence-corrected chi connectivity index (χ2v) is 6.21. The van der Waals surface area contributed by atoms with E-state index in [0.29, 0.717) is 32.0 Å². The molecule has 2 amide bonds. The Bertz CT molecular complexity index is 363. The first-order valence-electron chi connectivity index (χ1n) is 8.12. The van der Waals surface area contributed by atoms with E-state index in [9.17, 15) is 9.59 Å². The van der Waals surface area contributed by atoms with Gasteiger partial charge in [0.15, 0.2) is 0 Å². The Balaban J connectivity index is 1.65. The van der Waals surface area contributed by atoms with Gasteiger partial charge in [-0.1, -0.05) is 6.92 Å². The molecule has 1 atom stereocenters. The van der Waals surface area contributed by atoms with Crippen LogP contribution in [0.3, 0.4) is 0 Å². The van der Waals surface area contributed by atoms with Crippen molar-refractivity contribution in [1.29, 1.82) is 0 Å². The molecule has 1 aliphatic carbocycles. The number of hydrogen-bond acceptors (Lipinski definition) is 4. The number of rotatable bonds is 7. The Labute approximate surface area is 127 Å². The standard InChI is InChI=1S/C15H28N4O2/c1-2-5-17-14(20)11-18-6-8-19(9-7-18)15(21)10-13(16)12-3-4-12/h12-13H,2-11,16H2,1H3,(H,17,20). The van der Waals surface area contributed by atoms with Gasteiger partial charge in [0.05, 0.1) is 6.54 Å². The second kappa shape index (κ2) is 7.75. The molecule has 1 saturated heterocycles. The Morgan fingerprint density at radius 1 is 1.24 bits per heavy atom. The van der Waals surface area contributed by atoms with Gasteiger partial charge in [-0.05, 0) is 25.2 Å². The van der Waals surface area contributed by atoms with E-state index in [1.807, 2.05) is 11.8 Å². The van der Waals surface area contributed by atoms with Gasteiger partial charge >= 0.3 is 0 Å². The van der Waals surface area contributed by atoms with Gasteiger partial charge in [0.2, 0.25) is 11.8 Å². The van der Waals surface area contributed by atoms with Crippen LogP contribution in [0.2, 0.25) is 0 Å². The molecular weight excluding hydrogens is 268 g/mol. The summed E-state index contributed by atoms with van der Waals surface area (Å²) in [4.78, 5) is 27.8. The fourth-order valence-corrected chi connectivity index (χ4v) is 2.70. The van der Waals surface area contributed by atoms with E-state index in [2.05, 4.69) is 10.2 Å². The van der Waals surface area contributed by atoms with Crippen LogP contribution >= 0.6 is 0 Å². The average Bonchev–Trinajstić information content (AvgIpc) is 3.30. The van der Waals surface area contributed by atoms with E-state index in [0.717, 1.165) is 26.1 Å². The lowest BCUT2D eigenvalue weighted by molar-refractivity contribution is -0.133. The highest BCUT2D eigenvalue weighted by Crippen LogP contribution is 2.33. The summed E-state index contributed by atoms with van der Waals surface area (Å²) in [5, 5.41) is 2.88. The Morgan fingerprint density at radius 2 is 1.90 bits per heavy atom. The highest BCUT2D eigenvalue weighted by atomic mass is 16.2. The van der Waals surface area contributed by atoms with Crippen molar-refractivity contribution in [3.8, 4) is 0 Å². The van der Waals surface area contributed by atoms with Gasteiger partial charge < -0.3 is 16.0 Å². The van der Waals surface area contributed by atoms with Crippen LogP contribution in [-0.2, 0) is 9.59 Å². The lowest BCUT2D eigenvalue weighted by Gasteiger charge is -2.34. The van der Waals surface area contributed by atoms with Crippen LogP contribution in [0.1, 0.15) is 32.6 Å². The monoisotopic (exact) mass is 296 g/mol. The summed E-state index contributed by atoms with van der Waals surface area (Å²) in [5.74, 6) is 0.814. The van der Waals surface area contributed by atoms with Crippen LogP contribution in [0.15, 0.2) is 0 Å². The summed E-state index contributed by atoms with van der Waals surface area (Å²) < 4.78 is 0. The lowest BCUT2D eigenvalue weighted by Crippen LogP contribution is -2.51. The molecule has 0 aromatic rings. The Hall–Kier alpha value is -1.14. The zero-order valence-electron chi connectivity index (χ0n) is 13.0. The van der Waals surface area contributed by atoms with Crippen molar-refractivity contribution in [2.24, 2.45) is 11.7 Å². The van der Waals surface area contributed by atoms with Gasteiger partial charge in [0, 0.05) is 45.2 Å². The SMILES string of the molecule is CCCNC(=O)CN1CCN(C(=O)CC(N)C2CC2)CC1. The van der Waals surface area contributed by atoms with E-state index in [1.165, 1.54) is 12.8 Å². The summed E-state index contributed by atoms with van der Waals surface area (Å²) in [7, 11) is 0. The second-order valence-electron chi connectivity index (χ2n) is 6.21. The topological polar surface area (TPSA) is 78.7 Å². The van der Waals surface area contributed by atoms with Crippen molar-refractivity contribution in [3.05, 3.63) is 0 Å². The number of nitrogens with zero attached hydrogens (tertiary/aromatic N) is 2. The molecule has 1 unspecified atom stereocenters. The third-order valence-electron chi connectivity index (χ3n) is 4.30. The van der Waals surface area contributed by atoms with Gasteiger partial charge in [0.1, 0.15) is 0 Å². The number of piperazine rings is 1. The smallest absolute Gasteiger partial charge is 0.234 e. The molecule has 0 radical (unpaired) electrons. The minimum Gasteiger partial charge on any atom is -0.355 e. The number of carbonyl (C=O) groups is 2. The lowest BCUT2D eigenvalue weighted by atomic mass is 10.1. The summed E-state index contributed by atoms with van der Waals surface area (Å²) in [6, 6.07) is 0.0374. The summed E-state index contributed by atoms with van der Waals surface area (Å²) in [5.41, 5.74) is 6.02. The third kappa shape index (κ3) is 5.28. The van der Waals surface area contributed by atoms with Gasteiger partial charge in [0.25, 0.3) is 0 Å². The zero-order valence-corrected chi connectivity index (χ0v) is 13.0. The average molecular weight is 296 g/mol. The molecule has 21 heavy (non-hydrogen) atoms. The van der Waals surface area contributed by atoms with Crippen LogP contribution in [0.25, 0.3) is 0 Å². The van der Waals surface area contributed by atoms with Crippen LogP contribution < -0.4 is 11.1 Å². The molecule has 2 rings (SSSR count). The van der Waals surface area contributed by atoms with E-state index < -0.39 is 0 Å². The predicted molar refractivity (Wildman–Crippen MR) is 81.6 cm³/mol. The molecule has 1 aliphatic heterocycles. The molecule has 6 nitrogen and oxygen atoms in total. The quantitative estimate of drug-likeness (QED) is 0.681. The molecule has 1 saturated carbocycles. The summed E-state index contributed by atoms with van der Waals surface area (Å²) >= 11 is 0. The Kier molecular flexibility index (Phi) is 5.99. The maximum atomic E-state index is 12.2. The number of nitrogens with one attached hydrogen (secondary N) is 1. The highest BCUT2D eigenvalue weighted by Gasteiger charge is 2.31. The fraction of sp³-hybridized carbons (Fsp3) is 0.867. The molecule has 2 aliphatic rings. The summed E-state index contributed by atoms with van der Waals surface area (Å²) in [6.45, 7) is 6.15. The first-order chi connectivity index (χ1) is 10.1. The van der Waals surface area contributed by atoms with Crippen molar-refractivity contribution in [2.75, 3.05) is 39.3 Å². The number of hydrogen-bond donors (Lipinski definition) is 2. The first-order valence-corrected chi connectivity index (χ1v) is 8.12. The van der Waals surface area contributed by atoms with Crippen molar-refractivity contribution in [3.63, 3.8) is 0 Å². The third-order valence-corrected chi connectivity index (χ3v) is 4.30. The molecular formula is C15H28N4O2. The van der Waals surface area contributed by atoms with Crippen LogP contribution in [0, 0.1) is 5.92 Å². The van der Waals surface area contributed by atoms with Crippen molar-refractivity contribution in [2.45, 2.75) is 38.6 Å². The molecule has 120 valence electrons. The fourth-order valence-electron chi connectivity index (χ4n) is 2.70. The van der Waals surface area contributed by atoms with Gasteiger partial charge in [-0.2, -0.15) is 0 Å². The molecule has 3 N–H and O–H groups in total. The van der Waals surface area contributed by atoms with Crippen molar-refractivity contribution in [1.82, 2.24) is 15.1 Å². The van der Waals surface area contributed by atoms with E-state index in [-0.39, 0.29) is 17.9 Å². The largest absolute Gasteiger partial charge is 0.355 e. The number of nitrogens with two attached hydrogens (primary N) is 1. The number of amides is 2. The predicted octanol–water partition coefficient (Wildman–Crippen LogP) is -0.216. The van der Waals surface area contributed by atoms with E-state index >= 15 is 0 Å². The molecule has 6 heteroatoms.